The van der Waals surface area contributed by atoms with Crippen LogP contribution >= 0.6 is 34.5 Å². The van der Waals surface area contributed by atoms with Gasteiger partial charge in [0.15, 0.2) is 4.47 Å². The van der Waals surface area contributed by atoms with E-state index >= 15 is 0 Å². The number of carbonyl (C=O) groups excluding carboxylic acids is 2. The van der Waals surface area contributed by atoms with E-state index in [-0.39, 0.29) is 21.8 Å². The molecule has 1 fully saturated rings. The van der Waals surface area contributed by atoms with Gasteiger partial charge in [-0.1, -0.05) is 29.6 Å². The van der Waals surface area contributed by atoms with Crippen molar-refractivity contribution in [1.82, 2.24) is 10.3 Å². The van der Waals surface area contributed by atoms with Gasteiger partial charge >= 0.3 is 11.9 Å². The van der Waals surface area contributed by atoms with Crippen molar-refractivity contribution in [3.8, 4) is 0 Å². The molecule has 0 aromatic carbocycles. The van der Waals surface area contributed by atoms with E-state index in [0.29, 0.717) is 27.4 Å². The molecule has 0 bridgehead atoms. The first-order valence-electron chi connectivity index (χ1n) is 10.1. The van der Waals surface area contributed by atoms with Crippen molar-refractivity contribution in [3.05, 3.63) is 37.0 Å². The normalized spacial score (nSPS) is 20.4. The molecule has 3 rings (SSSR count). The molecule has 0 saturated heterocycles. The lowest BCUT2D eigenvalue weighted by Gasteiger charge is -2.31. The number of allylic oxidation sites excluding steroid dienone is 2. The third-order valence-electron chi connectivity index (χ3n) is 5.21. The molecule has 1 N–H and O–H groups in total. The van der Waals surface area contributed by atoms with Crippen LogP contribution in [0.3, 0.4) is 0 Å². The van der Waals surface area contributed by atoms with Crippen molar-refractivity contribution in [2.75, 3.05) is 0 Å². The summed E-state index contributed by atoms with van der Waals surface area (Å²) < 4.78 is 11.5. The summed E-state index contributed by atoms with van der Waals surface area (Å²) in [4.78, 5) is 30.9. The second-order valence-corrected chi connectivity index (χ2v) is 9.85. The van der Waals surface area contributed by atoms with Crippen LogP contribution in [0.15, 0.2) is 22.5 Å². The van der Waals surface area contributed by atoms with Crippen LogP contribution in [0, 0.1) is 0 Å². The maximum atomic E-state index is 13.3. The van der Waals surface area contributed by atoms with Crippen LogP contribution in [0.5, 0.6) is 0 Å². The summed E-state index contributed by atoms with van der Waals surface area (Å²) in [7, 11) is 0. The predicted molar refractivity (Wildman–Crippen MR) is 118 cm³/mol. The minimum Gasteiger partial charge on any atom is -0.460 e. The highest BCUT2D eigenvalue weighted by Gasteiger charge is 2.41. The minimum absolute atomic E-state index is 0.120. The monoisotopic (exact) mass is 472 g/mol. The van der Waals surface area contributed by atoms with Crippen LogP contribution in [0.25, 0.3) is 0 Å². The molecule has 0 radical (unpaired) electrons. The quantitative estimate of drug-likeness (QED) is 0.568. The summed E-state index contributed by atoms with van der Waals surface area (Å²) >= 11 is 13.6. The number of esters is 2. The number of carbonyl (C=O) groups is 2. The fraction of sp³-hybridized carbons (Fsp3) is 0.571. The summed E-state index contributed by atoms with van der Waals surface area (Å²) in [6, 6.07) is 0. The van der Waals surface area contributed by atoms with Gasteiger partial charge in [-0.2, -0.15) is 0 Å². The van der Waals surface area contributed by atoms with Crippen LogP contribution in [0.1, 0.15) is 70.6 Å². The molecule has 2 heterocycles. The molecule has 30 heavy (non-hydrogen) atoms. The standard InChI is InChI=1S/C21H26Cl2N2O4S/c1-10(2)28-19(26)14-11(3)24-12(4)15(16(14)17-18(22)25-21(23)30-17)20(27)29-13-8-6-5-7-9-13/h10,13,16,24H,5-9H2,1-4H3. The molecule has 164 valence electrons. The molecule has 6 nitrogen and oxygen atoms in total. The van der Waals surface area contributed by atoms with Crippen molar-refractivity contribution in [2.24, 2.45) is 0 Å². The maximum absolute atomic E-state index is 13.3. The summed E-state index contributed by atoms with van der Waals surface area (Å²) in [5, 5.41) is 3.31. The highest BCUT2D eigenvalue weighted by molar-refractivity contribution is 7.16. The van der Waals surface area contributed by atoms with Crippen molar-refractivity contribution < 1.29 is 19.1 Å². The van der Waals surface area contributed by atoms with Crippen LogP contribution in [-0.4, -0.2) is 29.1 Å². The van der Waals surface area contributed by atoms with E-state index in [0.717, 1.165) is 43.4 Å². The summed E-state index contributed by atoms with van der Waals surface area (Å²) in [6.07, 6.45) is 4.50. The number of aromatic nitrogens is 1. The lowest BCUT2D eigenvalue weighted by atomic mass is 9.84. The first kappa shape index (κ1) is 23.1. The second-order valence-electron chi connectivity index (χ2n) is 7.88. The number of hydrogen-bond donors (Lipinski definition) is 1. The van der Waals surface area contributed by atoms with Crippen LogP contribution in [-0.2, 0) is 19.1 Å². The maximum Gasteiger partial charge on any atom is 0.337 e. The van der Waals surface area contributed by atoms with Gasteiger partial charge in [0, 0.05) is 11.4 Å². The van der Waals surface area contributed by atoms with Gasteiger partial charge in [0.05, 0.1) is 28.0 Å². The van der Waals surface area contributed by atoms with Gasteiger partial charge in [0.1, 0.15) is 11.3 Å². The summed E-state index contributed by atoms with van der Waals surface area (Å²) in [5.41, 5.74) is 1.86. The highest BCUT2D eigenvalue weighted by Crippen LogP contribution is 2.45. The number of dihydropyridines is 1. The van der Waals surface area contributed by atoms with Crippen LogP contribution in [0.2, 0.25) is 9.62 Å². The van der Waals surface area contributed by atoms with Gasteiger partial charge in [0.2, 0.25) is 0 Å². The van der Waals surface area contributed by atoms with Gasteiger partial charge in [-0.15, -0.1) is 11.3 Å². The third-order valence-corrected chi connectivity index (χ3v) is 6.84. The van der Waals surface area contributed by atoms with E-state index < -0.39 is 17.9 Å². The minimum atomic E-state index is -0.758. The molecule has 1 aliphatic carbocycles. The average molecular weight is 473 g/mol. The van der Waals surface area contributed by atoms with E-state index in [1.807, 2.05) is 0 Å². The molecule has 1 saturated carbocycles. The summed E-state index contributed by atoms with van der Waals surface area (Å²) in [5.74, 6) is -1.73. The van der Waals surface area contributed by atoms with E-state index in [9.17, 15) is 9.59 Å². The number of nitrogens with one attached hydrogen (secondary N) is 1. The average Bonchev–Trinajstić information content (AvgIpc) is 2.98. The molecule has 1 aromatic rings. The fourth-order valence-electron chi connectivity index (χ4n) is 3.94. The van der Waals surface area contributed by atoms with E-state index in [1.54, 1.807) is 27.7 Å². The van der Waals surface area contributed by atoms with E-state index in [1.165, 1.54) is 0 Å². The molecule has 0 spiro atoms. The topological polar surface area (TPSA) is 77.5 Å². The molecule has 2 aliphatic rings. The Bertz CT molecular complexity index is 901. The second kappa shape index (κ2) is 9.71. The predicted octanol–water partition coefficient (Wildman–Crippen LogP) is 5.51. The highest BCUT2D eigenvalue weighted by atomic mass is 35.5. The van der Waals surface area contributed by atoms with Crippen LogP contribution < -0.4 is 5.32 Å². The molecule has 9 heteroatoms. The fourth-order valence-corrected chi connectivity index (χ4v) is 5.48. The Morgan fingerprint density at radius 1 is 1.07 bits per heavy atom. The molecular weight excluding hydrogens is 447 g/mol. The molecule has 0 amide bonds. The molecule has 1 aliphatic heterocycles. The summed E-state index contributed by atoms with van der Waals surface area (Å²) in [6.45, 7) is 7.10. The SMILES string of the molecule is CC1=C(C(=O)OC(C)C)C(c2sc(Cl)nc2Cl)C(C(=O)OC2CCCCC2)=C(C)N1. The van der Waals surface area contributed by atoms with Gasteiger partial charge in [-0.25, -0.2) is 14.6 Å². The number of hydrogen-bond acceptors (Lipinski definition) is 7. The van der Waals surface area contributed by atoms with E-state index in [2.05, 4.69) is 10.3 Å². The number of halogens is 2. The number of ether oxygens (including phenoxy) is 2. The van der Waals surface area contributed by atoms with Gasteiger partial charge in [-0.3, -0.25) is 0 Å². The molecule has 1 aromatic heterocycles. The molecule has 1 unspecified atom stereocenters. The first-order chi connectivity index (χ1) is 14.2. The third kappa shape index (κ3) is 5.01. The van der Waals surface area contributed by atoms with Crippen molar-refractivity contribution in [1.29, 1.82) is 0 Å². The molecule has 1 atom stereocenters. The Morgan fingerprint density at radius 3 is 2.20 bits per heavy atom. The van der Waals surface area contributed by atoms with Gasteiger partial charge in [0.25, 0.3) is 0 Å². The van der Waals surface area contributed by atoms with Crippen molar-refractivity contribution in [3.63, 3.8) is 0 Å². The van der Waals surface area contributed by atoms with Crippen molar-refractivity contribution in [2.45, 2.75) is 77.9 Å². The van der Waals surface area contributed by atoms with Crippen molar-refractivity contribution >= 4 is 46.5 Å². The lowest BCUT2D eigenvalue weighted by Crippen LogP contribution is -2.34. The van der Waals surface area contributed by atoms with E-state index in [4.69, 9.17) is 32.7 Å². The zero-order valence-corrected chi connectivity index (χ0v) is 19.8. The zero-order valence-electron chi connectivity index (χ0n) is 17.5. The number of thiazole rings is 1. The largest absolute Gasteiger partial charge is 0.460 e. The molecular formula is C21H26Cl2N2O4S. The Labute approximate surface area is 190 Å². The Morgan fingerprint density at radius 2 is 1.67 bits per heavy atom. The zero-order chi connectivity index (χ0) is 22.0. The smallest absolute Gasteiger partial charge is 0.337 e. The van der Waals surface area contributed by atoms with Crippen LogP contribution in [0.4, 0.5) is 0 Å². The Kier molecular flexibility index (Phi) is 7.47. The first-order valence-corrected chi connectivity index (χ1v) is 11.7. The Hall–Kier alpha value is -1.57. The number of rotatable bonds is 5. The Balaban J connectivity index is 2.04. The van der Waals surface area contributed by atoms with Gasteiger partial charge in [-0.05, 0) is 53.4 Å². The number of nitrogens with zero attached hydrogens (tertiary/aromatic N) is 1. The lowest BCUT2D eigenvalue weighted by molar-refractivity contribution is -0.146. The van der Waals surface area contributed by atoms with Gasteiger partial charge < -0.3 is 14.8 Å².